The number of anilines is 1. The fourth-order valence-electron chi connectivity index (χ4n) is 1.33. The molecule has 1 rings (SSSR count). The Morgan fingerprint density at radius 1 is 1.35 bits per heavy atom. The Balaban J connectivity index is 2.74. The maximum atomic E-state index is 13.5. The van der Waals surface area contributed by atoms with Crippen molar-refractivity contribution in [2.24, 2.45) is 0 Å². The van der Waals surface area contributed by atoms with Gasteiger partial charge in [0.25, 0.3) is 0 Å². The smallest absolute Gasteiger partial charge is 0.242 e. The van der Waals surface area contributed by atoms with E-state index in [1.54, 1.807) is 19.1 Å². The summed E-state index contributed by atoms with van der Waals surface area (Å²) in [6.07, 6.45) is 0. The van der Waals surface area contributed by atoms with Crippen molar-refractivity contribution in [3.05, 3.63) is 28.5 Å². The molecular weight excluding hydrogens is 287 g/mol. The molecule has 0 heterocycles. The lowest BCUT2D eigenvalue weighted by molar-refractivity contribution is -0.122. The standard InChI is InChI=1S/C12H16BrFN2O/c1-7(2)15-12(17)8(3)16-11-9(13)5-4-6-10(11)14/h4-8,16H,1-3H3,(H,15,17). The summed E-state index contributed by atoms with van der Waals surface area (Å²) >= 11 is 3.24. The number of benzene rings is 1. The first-order valence-corrected chi connectivity index (χ1v) is 6.22. The lowest BCUT2D eigenvalue weighted by Gasteiger charge is -2.18. The molecule has 1 atom stereocenters. The summed E-state index contributed by atoms with van der Waals surface area (Å²) in [6, 6.07) is 4.24. The highest BCUT2D eigenvalue weighted by atomic mass is 79.9. The van der Waals surface area contributed by atoms with Gasteiger partial charge in [0.1, 0.15) is 11.9 Å². The fraction of sp³-hybridized carbons (Fsp3) is 0.417. The third-order valence-corrected chi connectivity index (χ3v) is 2.81. The van der Waals surface area contributed by atoms with Gasteiger partial charge in [-0.3, -0.25) is 4.79 Å². The normalized spacial score (nSPS) is 12.4. The highest BCUT2D eigenvalue weighted by Gasteiger charge is 2.16. The molecule has 0 aromatic heterocycles. The quantitative estimate of drug-likeness (QED) is 0.898. The first-order valence-electron chi connectivity index (χ1n) is 5.42. The number of carbonyl (C=O) groups excluding carboxylic acids is 1. The zero-order valence-corrected chi connectivity index (χ0v) is 11.6. The van der Waals surface area contributed by atoms with Crippen LogP contribution in [0.4, 0.5) is 10.1 Å². The average Bonchev–Trinajstić information content (AvgIpc) is 2.22. The number of carbonyl (C=O) groups is 1. The van der Waals surface area contributed by atoms with Crippen LogP contribution in [0.25, 0.3) is 0 Å². The number of rotatable bonds is 4. The van der Waals surface area contributed by atoms with E-state index in [-0.39, 0.29) is 17.8 Å². The van der Waals surface area contributed by atoms with Crippen LogP contribution in [0.2, 0.25) is 0 Å². The molecule has 0 radical (unpaired) electrons. The molecule has 0 saturated heterocycles. The molecule has 0 saturated carbocycles. The molecule has 17 heavy (non-hydrogen) atoms. The zero-order valence-electron chi connectivity index (χ0n) is 10.1. The van der Waals surface area contributed by atoms with Gasteiger partial charge in [-0.25, -0.2) is 4.39 Å². The van der Waals surface area contributed by atoms with Crippen molar-refractivity contribution in [3.63, 3.8) is 0 Å². The van der Waals surface area contributed by atoms with E-state index in [0.717, 1.165) is 0 Å². The van der Waals surface area contributed by atoms with Crippen LogP contribution in [-0.2, 0) is 4.79 Å². The van der Waals surface area contributed by atoms with E-state index >= 15 is 0 Å². The molecular formula is C12H16BrFN2O. The van der Waals surface area contributed by atoms with Gasteiger partial charge < -0.3 is 10.6 Å². The zero-order chi connectivity index (χ0) is 13.0. The van der Waals surface area contributed by atoms with Gasteiger partial charge in [-0.2, -0.15) is 0 Å². The van der Waals surface area contributed by atoms with Crippen LogP contribution < -0.4 is 10.6 Å². The van der Waals surface area contributed by atoms with E-state index in [0.29, 0.717) is 10.2 Å². The molecule has 1 aromatic carbocycles. The minimum absolute atomic E-state index is 0.0656. The van der Waals surface area contributed by atoms with Crippen molar-refractivity contribution < 1.29 is 9.18 Å². The Bertz CT molecular complexity index is 389. The average molecular weight is 303 g/mol. The first-order chi connectivity index (χ1) is 7.91. The van der Waals surface area contributed by atoms with Crippen molar-refractivity contribution in [1.82, 2.24) is 5.32 Å². The largest absolute Gasteiger partial charge is 0.371 e. The molecule has 2 N–H and O–H groups in total. The maximum Gasteiger partial charge on any atom is 0.242 e. The number of amides is 1. The summed E-state index contributed by atoms with van der Waals surface area (Å²) in [5.41, 5.74) is 0.305. The molecule has 1 unspecified atom stereocenters. The molecule has 94 valence electrons. The van der Waals surface area contributed by atoms with Gasteiger partial charge in [0, 0.05) is 10.5 Å². The summed E-state index contributed by atoms with van der Waals surface area (Å²) in [5, 5.41) is 5.61. The topological polar surface area (TPSA) is 41.1 Å². The van der Waals surface area contributed by atoms with E-state index in [1.165, 1.54) is 6.07 Å². The van der Waals surface area contributed by atoms with Crippen molar-refractivity contribution in [3.8, 4) is 0 Å². The summed E-state index contributed by atoms with van der Waals surface area (Å²) in [4.78, 5) is 11.7. The molecule has 0 aliphatic rings. The predicted molar refractivity (Wildman–Crippen MR) is 70.5 cm³/mol. The Hall–Kier alpha value is -1.10. The summed E-state index contributed by atoms with van der Waals surface area (Å²) in [6.45, 7) is 5.45. The maximum absolute atomic E-state index is 13.5. The van der Waals surface area contributed by atoms with Gasteiger partial charge in [-0.1, -0.05) is 6.07 Å². The molecule has 0 aliphatic heterocycles. The van der Waals surface area contributed by atoms with Gasteiger partial charge in [0.2, 0.25) is 5.91 Å². The molecule has 0 bridgehead atoms. The van der Waals surface area contributed by atoms with E-state index in [4.69, 9.17) is 0 Å². The van der Waals surface area contributed by atoms with Gasteiger partial charge >= 0.3 is 0 Å². The van der Waals surface area contributed by atoms with Crippen LogP contribution in [0.3, 0.4) is 0 Å². The fourth-order valence-corrected chi connectivity index (χ4v) is 1.78. The summed E-state index contributed by atoms with van der Waals surface area (Å²) in [7, 11) is 0. The number of hydrogen-bond acceptors (Lipinski definition) is 2. The third-order valence-electron chi connectivity index (χ3n) is 2.15. The number of para-hydroxylation sites is 1. The lowest BCUT2D eigenvalue weighted by atomic mass is 10.2. The van der Waals surface area contributed by atoms with Gasteiger partial charge in [-0.05, 0) is 48.8 Å². The Labute approximate surface area is 109 Å². The van der Waals surface area contributed by atoms with Crippen LogP contribution in [0, 0.1) is 5.82 Å². The lowest BCUT2D eigenvalue weighted by Crippen LogP contribution is -2.41. The molecule has 0 aliphatic carbocycles. The van der Waals surface area contributed by atoms with E-state index in [9.17, 15) is 9.18 Å². The van der Waals surface area contributed by atoms with Crippen LogP contribution in [0.1, 0.15) is 20.8 Å². The van der Waals surface area contributed by atoms with E-state index in [1.807, 2.05) is 13.8 Å². The molecule has 0 fully saturated rings. The molecule has 1 amide bonds. The Morgan fingerprint density at radius 3 is 2.53 bits per heavy atom. The number of halogens is 2. The van der Waals surface area contributed by atoms with Gasteiger partial charge in [-0.15, -0.1) is 0 Å². The molecule has 0 spiro atoms. The van der Waals surface area contributed by atoms with Crippen molar-refractivity contribution in [1.29, 1.82) is 0 Å². The minimum atomic E-state index is -0.495. The van der Waals surface area contributed by atoms with Crippen molar-refractivity contribution >= 4 is 27.5 Å². The highest BCUT2D eigenvalue weighted by Crippen LogP contribution is 2.25. The van der Waals surface area contributed by atoms with Crippen LogP contribution in [-0.4, -0.2) is 18.0 Å². The number of hydrogen-bond donors (Lipinski definition) is 2. The SMILES string of the molecule is CC(C)NC(=O)C(C)Nc1c(F)cccc1Br. The van der Waals surface area contributed by atoms with Gasteiger partial charge in [0.05, 0.1) is 5.69 Å². The summed E-state index contributed by atoms with van der Waals surface area (Å²) < 4.78 is 14.1. The molecule has 3 nitrogen and oxygen atoms in total. The van der Waals surface area contributed by atoms with Crippen LogP contribution in [0.5, 0.6) is 0 Å². The number of nitrogens with one attached hydrogen (secondary N) is 2. The third kappa shape index (κ3) is 4.00. The first kappa shape index (κ1) is 14.0. The Morgan fingerprint density at radius 2 is 2.00 bits per heavy atom. The predicted octanol–water partition coefficient (Wildman–Crippen LogP) is 2.91. The van der Waals surface area contributed by atoms with Crippen molar-refractivity contribution in [2.75, 3.05) is 5.32 Å². The van der Waals surface area contributed by atoms with Gasteiger partial charge in [0.15, 0.2) is 0 Å². The minimum Gasteiger partial charge on any atom is -0.371 e. The summed E-state index contributed by atoms with van der Waals surface area (Å²) in [5.74, 6) is -0.543. The monoisotopic (exact) mass is 302 g/mol. The van der Waals surface area contributed by atoms with E-state index in [2.05, 4.69) is 26.6 Å². The van der Waals surface area contributed by atoms with Crippen LogP contribution >= 0.6 is 15.9 Å². The van der Waals surface area contributed by atoms with E-state index < -0.39 is 6.04 Å². The second-order valence-corrected chi connectivity index (χ2v) is 4.98. The molecule has 1 aromatic rings. The molecule has 5 heteroatoms. The second-order valence-electron chi connectivity index (χ2n) is 4.13. The highest BCUT2D eigenvalue weighted by molar-refractivity contribution is 9.10. The Kier molecular flexibility index (Phi) is 4.93. The van der Waals surface area contributed by atoms with Crippen molar-refractivity contribution in [2.45, 2.75) is 32.9 Å². The van der Waals surface area contributed by atoms with Crippen LogP contribution in [0.15, 0.2) is 22.7 Å². The second kappa shape index (κ2) is 6.00.